The molecule has 1 saturated heterocycles. The Labute approximate surface area is 170 Å². The Morgan fingerprint density at radius 3 is 2.50 bits per heavy atom. The van der Waals surface area contributed by atoms with Gasteiger partial charge in [0, 0.05) is 29.1 Å². The van der Waals surface area contributed by atoms with E-state index < -0.39 is 11.7 Å². The number of nitrogens with zero attached hydrogens (tertiary/aromatic N) is 2. The molecule has 1 N–H and O–H groups in total. The van der Waals surface area contributed by atoms with Gasteiger partial charge < -0.3 is 14.7 Å². The molecule has 0 saturated carbocycles. The van der Waals surface area contributed by atoms with E-state index in [1.54, 1.807) is 29.2 Å². The number of rotatable bonds is 4. The van der Waals surface area contributed by atoms with E-state index in [9.17, 15) is 23.1 Å². The maximum absolute atomic E-state index is 12.8. The monoisotopic (exact) mass is 416 g/mol. The first-order valence-electron chi connectivity index (χ1n) is 9.40. The van der Waals surface area contributed by atoms with Crippen molar-refractivity contribution in [3.63, 3.8) is 0 Å². The van der Waals surface area contributed by atoms with E-state index >= 15 is 0 Å². The smallest absolute Gasteiger partial charge is 0.416 e. The highest BCUT2D eigenvalue weighted by molar-refractivity contribution is 5.99. The van der Waals surface area contributed by atoms with Crippen molar-refractivity contribution < 1.29 is 27.8 Å². The highest BCUT2D eigenvalue weighted by atomic mass is 19.4. The third-order valence-corrected chi connectivity index (χ3v) is 5.36. The fraction of sp³-hybridized carbons (Fsp3) is 0.273. The Morgan fingerprint density at radius 1 is 1.20 bits per heavy atom. The van der Waals surface area contributed by atoms with Gasteiger partial charge >= 0.3 is 6.18 Å². The van der Waals surface area contributed by atoms with E-state index in [2.05, 4.69) is 4.98 Å². The SMILES string of the molecule is COc1cc(-c2ccc(C(F)(F)F)cc2)nc2cc(C(=O)N3CC[C@H]3CO)ccc12. The number of pyridine rings is 1. The molecule has 0 spiro atoms. The second-order valence-electron chi connectivity index (χ2n) is 7.14. The predicted molar refractivity (Wildman–Crippen MR) is 105 cm³/mol. The second-order valence-corrected chi connectivity index (χ2v) is 7.14. The number of hydrogen-bond donors (Lipinski definition) is 1. The van der Waals surface area contributed by atoms with Gasteiger partial charge in [0.2, 0.25) is 0 Å². The van der Waals surface area contributed by atoms with Crippen LogP contribution in [0.25, 0.3) is 22.2 Å². The third-order valence-electron chi connectivity index (χ3n) is 5.36. The Hall–Kier alpha value is -3.13. The van der Waals surface area contributed by atoms with Crippen LogP contribution >= 0.6 is 0 Å². The van der Waals surface area contributed by atoms with Crippen molar-refractivity contribution in [1.82, 2.24) is 9.88 Å². The highest BCUT2D eigenvalue weighted by Gasteiger charge is 2.32. The van der Waals surface area contributed by atoms with Gasteiger partial charge in [0.05, 0.1) is 36.5 Å². The summed E-state index contributed by atoms with van der Waals surface area (Å²) in [7, 11) is 1.50. The Bertz CT molecular complexity index is 1100. The van der Waals surface area contributed by atoms with E-state index in [-0.39, 0.29) is 18.6 Å². The van der Waals surface area contributed by atoms with Crippen molar-refractivity contribution in [3.8, 4) is 17.0 Å². The van der Waals surface area contributed by atoms with Gasteiger partial charge in [-0.25, -0.2) is 4.98 Å². The van der Waals surface area contributed by atoms with Gasteiger partial charge in [-0.2, -0.15) is 13.2 Å². The van der Waals surface area contributed by atoms with Crippen molar-refractivity contribution in [2.75, 3.05) is 20.3 Å². The number of methoxy groups -OCH3 is 1. The van der Waals surface area contributed by atoms with Crippen LogP contribution in [0.15, 0.2) is 48.5 Å². The van der Waals surface area contributed by atoms with Crippen LogP contribution in [0.3, 0.4) is 0 Å². The summed E-state index contributed by atoms with van der Waals surface area (Å²) < 4.78 is 43.9. The number of ether oxygens (including phenoxy) is 1. The summed E-state index contributed by atoms with van der Waals surface area (Å²) in [5.74, 6) is 0.314. The number of fused-ring (bicyclic) bond motifs is 1. The molecule has 8 heteroatoms. The molecule has 3 aromatic rings. The number of aromatic nitrogens is 1. The van der Waals surface area contributed by atoms with Gasteiger partial charge in [0.15, 0.2) is 0 Å². The van der Waals surface area contributed by atoms with Crippen LogP contribution in [-0.4, -0.2) is 47.2 Å². The number of hydrogen-bond acceptors (Lipinski definition) is 4. The molecule has 0 radical (unpaired) electrons. The fourth-order valence-corrected chi connectivity index (χ4v) is 3.54. The number of alkyl halides is 3. The van der Waals surface area contributed by atoms with Crippen molar-refractivity contribution in [1.29, 1.82) is 0 Å². The molecule has 5 nitrogen and oxygen atoms in total. The van der Waals surface area contributed by atoms with Crippen LogP contribution in [0.2, 0.25) is 0 Å². The third kappa shape index (κ3) is 3.59. The van der Waals surface area contributed by atoms with Gasteiger partial charge in [0.1, 0.15) is 5.75 Å². The molecule has 1 atom stereocenters. The van der Waals surface area contributed by atoms with Crippen molar-refractivity contribution in [2.24, 2.45) is 0 Å². The molecular formula is C22H19F3N2O3. The summed E-state index contributed by atoms with van der Waals surface area (Å²) in [5.41, 5.74) is 1.13. The number of halogens is 3. The summed E-state index contributed by atoms with van der Waals surface area (Å²) in [4.78, 5) is 18.9. The lowest BCUT2D eigenvalue weighted by atomic mass is 10.0. The van der Waals surface area contributed by atoms with Crippen molar-refractivity contribution >= 4 is 16.8 Å². The number of carbonyl (C=O) groups excluding carboxylic acids is 1. The summed E-state index contributed by atoms with van der Waals surface area (Å²) >= 11 is 0. The van der Waals surface area contributed by atoms with E-state index in [1.807, 2.05) is 0 Å². The zero-order valence-electron chi connectivity index (χ0n) is 16.1. The number of amides is 1. The zero-order chi connectivity index (χ0) is 21.5. The van der Waals surface area contributed by atoms with Crippen LogP contribution in [0, 0.1) is 0 Å². The number of benzene rings is 2. The van der Waals surface area contributed by atoms with E-state index in [1.165, 1.54) is 19.2 Å². The predicted octanol–water partition coefficient (Wildman–Crippen LogP) is 4.14. The Balaban J connectivity index is 1.74. The largest absolute Gasteiger partial charge is 0.496 e. The summed E-state index contributed by atoms with van der Waals surface area (Å²) in [6.07, 6.45) is -3.65. The number of aliphatic hydroxyl groups excluding tert-OH is 1. The van der Waals surface area contributed by atoms with Crippen LogP contribution < -0.4 is 4.74 Å². The lowest BCUT2D eigenvalue weighted by Gasteiger charge is -2.39. The maximum Gasteiger partial charge on any atom is 0.416 e. The molecule has 1 amide bonds. The molecule has 0 bridgehead atoms. The lowest BCUT2D eigenvalue weighted by molar-refractivity contribution is -0.137. The van der Waals surface area contributed by atoms with E-state index in [0.717, 1.165) is 18.6 Å². The molecule has 1 aliphatic rings. The molecule has 0 unspecified atom stereocenters. The average Bonchev–Trinajstić information content (AvgIpc) is 2.71. The van der Waals surface area contributed by atoms with Gasteiger partial charge in [0.25, 0.3) is 5.91 Å². The minimum atomic E-state index is -4.41. The summed E-state index contributed by atoms with van der Waals surface area (Å²) in [6, 6.07) is 11.3. The minimum Gasteiger partial charge on any atom is -0.496 e. The first-order valence-corrected chi connectivity index (χ1v) is 9.40. The van der Waals surface area contributed by atoms with E-state index in [4.69, 9.17) is 4.74 Å². The van der Waals surface area contributed by atoms with Gasteiger partial charge in [-0.1, -0.05) is 12.1 Å². The number of likely N-dealkylation sites (tertiary alicyclic amines) is 1. The normalized spacial score (nSPS) is 16.4. The van der Waals surface area contributed by atoms with Crippen LogP contribution in [0.1, 0.15) is 22.3 Å². The van der Waals surface area contributed by atoms with Gasteiger partial charge in [-0.3, -0.25) is 4.79 Å². The average molecular weight is 416 g/mol. The molecule has 30 heavy (non-hydrogen) atoms. The fourth-order valence-electron chi connectivity index (χ4n) is 3.54. The van der Waals surface area contributed by atoms with Crippen LogP contribution in [-0.2, 0) is 6.18 Å². The molecule has 2 heterocycles. The van der Waals surface area contributed by atoms with Crippen molar-refractivity contribution in [3.05, 3.63) is 59.7 Å². The molecule has 2 aromatic carbocycles. The van der Waals surface area contributed by atoms with Gasteiger partial charge in [-0.15, -0.1) is 0 Å². The number of aliphatic hydroxyl groups is 1. The molecule has 156 valence electrons. The minimum absolute atomic E-state index is 0.0799. The Morgan fingerprint density at radius 2 is 1.93 bits per heavy atom. The summed E-state index contributed by atoms with van der Waals surface area (Å²) in [5, 5.41) is 10.0. The molecule has 4 rings (SSSR count). The standard InChI is InChI=1S/C22H19F3N2O3/c1-30-20-11-18(13-2-5-15(6-3-13)22(23,24)25)26-19-10-14(4-7-17(19)20)21(29)27-9-8-16(27)12-28/h2-7,10-11,16,28H,8-9,12H2,1H3/t16-/m0/s1. The van der Waals surface area contributed by atoms with Gasteiger partial charge in [-0.05, 0) is 36.8 Å². The molecule has 1 aliphatic heterocycles. The first-order chi connectivity index (χ1) is 14.3. The highest BCUT2D eigenvalue weighted by Crippen LogP contribution is 2.34. The Kier molecular flexibility index (Phi) is 5.11. The second kappa shape index (κ2) is 7.60. The molecule has 0 aliphatic carbocycles. The van der Waals surface area contributed by atoms with Crippen LogP contribution in [0.5, 0.6) is 5.75 Å². The van der Waals surface area contributed by atoms with Crippen molar-refractivity contribution in [2.45, 2.75) is 18.6 Å². The maximum atomic E-state index is 12.8. The summed E-state index contributed by atoms with van der Waals surface area (Å²) in [6.45, 7) is 0.508. The zero-order valence-corrected chi connectivity index (χ0v) is 16.1. The van der Waals surface area contributed by atoms with Crippen LogP contribution in [0.4, 0.5) is 13.2 Å². The first kappa shape index (κ1) is 20.2. The quantitative estimate of drug-likeness (QED) is 0.695. The number of carbonyl (C=O) groups is 1. The lowest BCUT2D eigenvalue weighted by Crippen LogP contribution is -2.52. The topological polar surface area (TPSA) is 62.7 Å². The van der Waals surface area contributed by atoms with E-state index in [0.29, 0.717) is 40.0 Å². The molecule has 1 fully saturated rings. The molecular weight excluding hydrogens is 397 g/mol. The molecule has 1 aromatic heterocycles.